The summed E-state index contributed by atoms with van der Waals surface area (Å²) in [6.45, 7) is 2.33. The number of thiocarbonyl (C=S) groups is 1. The van der Waals surface area contributed by atoms with Gasteiger partial charge in [0.05, 0.1) is 5.69 Å². The summed E-state index contributed by atoms with van der Waals surface area (Å²) < 4.78 is 5.85. The molecule has 1 amide bonds. The first-order valence-electron chi connectivity index (χ1n) is 5.01. The summed E-state index contributed by atoms with van der Waals surface area (Å²) >= 11 is 8.23. The molecule has 0 aliphatic carbocycles. The molecule has 0 unspecified atom stereocenters. The van der Waals surface area contributed by atoms with Crippen LogP contribution in [0.3, 0.4) is 0 Å². The first-order chi connectivity index (χ1) is 8.04. The molecule has 1 aromatic rings. The Morgan fingerprint density at radius 1 is 1.59 bits per heavy atom. The molecule has 0 bridgehead atoms. The summed E-state index contributed by atoms with van der Waals surface area (Å²) in [5.41, 5.74) is 6.79. The van der Waals surface area contributed by atoms with Crippen molar-refractivity contribution in [2.24, 2.45) is 5.73 Å². The summed E-state index contributed by atoms with van der Waals surface area (Å²) in [5.74, 6) is -0.234. The van der Waals surface area contributed by atoms with Crippen LogP contribution in [0.25, 0.3) is 0 Å². The maximum Gasteiger partial charge on any atom is 0.250 e. The van der Waals surface area contributed by atoms with Crippen LogP contribution in [0.15, 0.2) is 22.7 Å². The topological polar surface area (TPSA) is 64.3 Å². The van der Waals surface area contributed by atoms with Crippen molar-refractivity contribution in [3.05, 3.63) is 28.2 Å². The van der Waals surface area contributed by atoms with Crippen LogP contribution in [0.5, 0.6) is 0 Å². The Labute approximate surface area is 114 Å². The molecule has 3 N–H and O–H groups in total. The Morgan fingerprint density at radius 3 is 2.88 bits per heavy atom. The number of nitrogens with two attached hydrogens (primary N) is 1. The number of ether oxygens (including phenoxy) is 1. The van der Waals surface area contributed by atoms with E-state index in [4.69, 9.17) is 22.7 Å². The van der Waals surface area contributed by atoms with E-state index in [1.807, 2.05) is 13.0 Å². The van der Waals surface area contributed by atoms with Gasteiger partial charge in [-0.25, -0.2) is 0 Å². The number of carbonyl (C=O) groups is 1. The third-order valence-corrected chi connectivity index (χ3v) is 2.67. The quantitative estimate of drug-likeness (QED) is 0.816. The fourth-order valence-corrected chi connectivity index (χ4v) is 1.75. The number of halogens is 1. The van der Waals surface area contributed by atoms with E-state index < -0.39 is 0 Å². The van der Waals surface area contributed by atoms with Gasteiger partial charge in [-0.15, -0.1) is 0 Å². The molecule has 6 heteroatoms. The molecule has 1 aromatic carbocycles. The largest absolute Gasteiger partial charge is 0.389 e. The molecule has 0 atom stereocenters. The average molecular weight is 317 g/mol. The van der Waals surface area contributed by atoms with Gasteiger partial charge in [-0.2, -0.15) is 0 Å². The normalized spacial score (nSPS) is 10.0. The summed E-state index contributed by atoms with van der Waals surface area (Å²) in [6, 6.07) is 5.31. The van der Waals surface area contributed by atoms with Crippen LogP contribution >= 0.6 is 28.1 Å². The molecule has 17 heavy (non-hydrogen) atoms. The third kappa shape index (κ3) is 4.41. The van der Waals surface area contributed by atoms with Crippen molar-refractivity contribution in [2.75, 3.05) is 18.5 Å². The molecule has 0 fully saturated rings. The van der Waals surface area contributed by atoms with E-state index in [0.29, 0.717) is 17.9 Å². The molecule has 0 aromatic heterocycles. The van der Waals surface area contributed by atoms with E-state index in [1.54, 1.807) is 12.1 Å². The number of hydrogen-bond donors (Lipinski definition) is 2. The molecular formula is C11H13BrN2O2S. The lowest BCUT2D eigenvalue weighted by Gasteiger charge is -2.10. The molecule has 0 spiro atoms. The molecule has 0 aliphatic rings. The van der Waals surface area contributed by atoms with Gasteiger partial charge in [-0.05, 0) is 25.1 Å². The highest BCUT2D eigenvalue weighted by molar-refractivity contribution is 9.10. The molecule has 1 rings (SSSR count). The smallest absolute Gasteiger partial charge is 0.250 e. The SMILES string of the molecule is CCOCC(=O)Nc1cc(Br)ccc1C(N)=S. The minimum atomic E-state index is -0.234. The van der Waals surface area contributed by atoms with Gasteiger partial charge >= 0.3 is 0 Å². The first-order valence-corrected chi connectivity index (χ1v) is 6.21. The van der Waals surface area contributed by atoms with Crippen LogP contribution in [0, 0.1) is 0 Å². The van der Waals surface area contributed by atoms with E-state index in [-0.39, 0.29) is 17.5 Å². The van der Waals surface area contributed by atoms with E-state index in [9.17, 15) is 4.79 Å². The Hall–Kier alpha value is -0.980. The number of benzene rings is 1. The first kappa shape index (κ1) is 14.1. The predicted octanol–water partition coefficient (Wildman–Crippen LogP) is 2.06. The molecule has 0 heterocycles. The number of anilines is 1. The number of nitrogens with one attached hydrogen (secondary N) is 1. The highest BCUT2D eigenvalue weighted by atomic mass is 79.9. The molecular weight excluding hydrogens is 304 g/mol. The van der Waals surface area contributed by atoms with Crippen molar-refractivity contribution in [1.29, 1.82) is 0 Å². The van der Waals surface area contributed by atoms with Crippen molar-refractivity contribution in [3.8, 4) is 0 Å². The second kappa shape index (κ2) is 6.68. The van der Waals surface area contributed by atoms with Crippen LogP contribution in [-0.2, 0) is 9.53 Å². The fraction of sp³-hybridized carbons (Fsp3) is 0.273. The van der Waals surface area contributed by atoms with Gasteiger partial charge in [0.1, 0.15) is 11.6 Å². The van der Waals surface area contributed by atoms with Crippen molar-refractivity contribution < 1.29 is 9.53 Å². The van der Waals surface area contributed by atoms with E-state index in [1.165, 1.54) is 0 Å². The Kier molecular flexibility index (Phi) is 5.54. The maximum absolute atomic E-state index is 11.5. The monoisotopic (exact) mass is 316 g/mol. The zero-order valence-corrected chi connectivity index (χ0v) is 11.7. The molecule has 0 saturated heterocycles. The summed E-state index contributed by atoms with van der Waals surface area (Å²) in [4.78, 5) is 11.8. The third-order valence-electron chi connectivity index (χ3n) is 1.96. The number of amides is 1. The molecule has 0 aliphatic heterocycles. The van der Waals surface area contributed by atoms with Crippen molar-refractivity contribution in [1.82, 2.24) is 0 Å². The fourth-order valence-electron chi connectivity index (χ4n) is 1.22. The summed E-state index contributed by atoms with van der Waals surface area (Å²) in [5, 5.41) is 2.71. The van der Waals surface area contributed by atoms with Gasteiger partial charge in [-0.3, -0.25) is 4.79 Å². The lowest BCUT2D eigenvalue weighted by Crippen LogP contribution is -2.21. The van der Waals surface area contributed by atoms with Gasteiger partial charge in [-0.1, -0.05) is 28.1 Å². The van der Waals surface area contributed by atoms with Crippen LogP contribution in [0.1, 0.15) is 12.5 Å². The van der Waals surface area contributed by atoms with Crippen molar-refractivity contribution >= 4 is 44.7 Å². The van der Waals surface area contributed by atoms with Crippen LogP contribution in [0.2, 0.25) is 0 Å². The van der Waals surface area contributed by atoms with E-state index in [0.717, 1.165) is 4.47 Å². The van der Waals surface area contributed by atoms with Crippen molar-refractivity contribution in [3.63, 3.8) is 0 Å². The van der Waals surface area contributed by atoms with Gasteiger partial charge < -0.3 is 15.8 Å². The standard InChI is InChI=1S/C11H13BrN2O2S/c1-2-16-6-10(15)14-9-5-7(12)3-4-8(9)11(13)17/h3-5H,2,6H2,1H3,(H2,13,17)(H,14,15). The van der Waals surface area contributed by atoms with Gasteiger partial charge in [0.15, 0.2) is 0 Å². The van der Waals surface area contributed by atoms with Crippen LogP contribution in [-0.4, -0.2) is 24.1 Å². The van der Waals surface area contributed by atoms with Gasteiger partial charge in [0, 0.05) is 16.6 Å². The van der Waals surface area contributed by atoms with Crippen molar-refractivity contribution in [2.45, 2.75) is 6.92 Å². The molecule has 0 saturated carbocycles. The maximum atomic E-state index is 11.5. The average Bonchev–Trinajstić information content (AvgIpc) is 2.26. The predicted molar refractivity (Wildman–Crippen MR) is 75.2 cm³/mol. The minimum Gasteiger partial charge on any atom is -0.389 e. The molecule has 0 radical (unpaired) electrons. The highest BCUT2D eigenvalue weighted by Gasteiger charge is 2.09. The van der Waals surface area contributed by atoms with Gasteiger partial charge in [0.2, 0.25) is 5.91 Å². The Balaban J connectivity index is 2.85. The minimum absolute atomic E-state index is 0.0137. The van der Waals surface area contributed by atoms with Gasteiger partial charge in [0.25, 0.3) is 0 Å². The zero-order chi connectivity index (χ0) is 12.8. The summed E-state index contributed by atoms with van der Waals surface area (Å²) in [7, 11) is 0. The molecule has 4 nitrogen and oxygen atoms in total. The Morgan fingerprint density at radius 2 is 2.29 bits per heavy atom. The van der Waals surface area contributed by atoms with E-state index in [2.05, 4.69) is 21.2 Å². The lowest BCUT2D eigenvalue weighted by molar-refractivity contribution is -0.120. The molecule has 92 valence electrons. The highest BCUT2D eigenvalue weighted by Crippen LogP contribution is 2.21. The zero-order valence-electron chi connectivity index (χ0n) is 9.33. The van der Waals surface area contributed by atoms with Crippen LogP contribution < -0.4 is 11.1 Å². The second-order valence-corrected chi connectivity index (χ2v) is 4.59. The summed E-state index contributed by atoms with van der Waals surface area (Å²) in [6.07, 6.45) is 0. The Bertz CT molecular complexity index is 437. The van der Waals surface area contributed by atoms with E-state index >= 15 is 0 Å². The lowest BCUT2D eigenvalue weighted by atomic mass is 10.2. The number of carbonyl (C=O) groups excluding carboxylic acids is 1. The van der Waals surface area contributed by atoms with Crippen LogP contribution in [0.4, 0.5) is 5.69 Å². The number of hydrogen-bond acceptors (Lipinski definition) is 3. The number of rotatable bonds is 5. The second-order valence-electron chi connectivity index (χ2n) is 3.24.